The van der Waals surface area contributed by atoms with Crippen LogP contribution in [-0.2, 0) is 4.79 Å². The molecule has 17 heavy (non-hydrogen) atoms. The van der Waals surface area contributed by atoms with Crippen molar-refractivity contribution in [3.05, 3.63) is 29.0 Å². The van der Waals surface area contributed by atoms with Crippen molar-refractivity contribution >= 4 is 23.4 Å². The Bertz CT molecular complexity index is 434. The summed E-state index contributed by atoms with van der Waals surface area (Å²) in [5, 5.41) is 0.235. The lowest BCUT2D eigenvalue weighted by Gasteiger charge is -2.25. The Morgan fingerprint density at radius 3 is 2.65 bits per heavy atom. The van der Waals surface area contributed by atoms with Crippen molar-refractivity contribution in [2.75, 3.05) is 6.54 Å². The number of nitrogens with two attached hydrogens (primary N) is 1. The molecular weight excluding hydrogens is 242 g/mol. The zero-order valence-electron chi connectivity index (χ0n) is 9.68. The number of amides is 2. The highest BCUT2D eigenvalue weighted by Crippen LogP contribution is 2.11. The fraction of sp³-hybridized carbons (Fsp3) is 0.364. The maximum absolute atomic E-state index is 12.1. The average molecular weight is 256 g/mol. The molecule has 0 spiro atoms. The summed E-state index contributed by atoms with van der Waals surface area (Å²) in [6.07, 6.45) is 1.44. The smallest absolute Gasteiger partial charge is 0.254 e. The van der Waals surface area contributed by atoms with Gasteiger partial charge in [0.25, 0.3) is 5.91 Å². The van der Waals surface area contributed by atoms with E-state index < -0.39 is 5.91 Å². The maximum atomic E-state index is 12.1. The molecule has 0 aromatic carbocycles. The van der Waals surface area contributed by atoms with Crippen LogP contribution in [0.3, 0.4) is 0 Å². The highest BCUT2D eigenvalue weighted by atomic mass is 35.5. The molecule has 0 saturated carbocycles. The van der Waals surface area contributed by atoms with Crippen molar-refractivity contribution in [3.63, 3.8) is 0 Å². The normalized spacial score (nSPS) is 10.4. The number of primary amides is 1. The van der Waals surface area contributed by atoms with E-state index in [4.69, 9.17) is 17.3 Å². The summed E-state index contributed by atoms with van der Waals surface area (Å²) in [4.78, 5) is 28.2. The Balaban J connectivity index is 2.95. The van der Waals surface area contributed by atoms with Crippen LogP contribution in [-0.4, -0.2) is 34.3 Å². The third-order valence-electron chi connectivity index (χ3n) is 2.18. The summed E-state index contributed by atoms with van der Waals surface area (Å²) in [6, 6.07) is 2.88. The van der Waals surface area contributed by atoms with Crippen molar-refractivity contribution in [3.8, 4) is 0 Å². The van der Waals surface area contributed by atoms with Crippen LogP contribution < -0.4 is 5.73 Å². The van der Waals surface area contributed by atoms with E-state index in [0.29, 0.717) is 5.56 Å². The van der Waals surface area contributed by atoms with Gasteiger partial charge >= 0.3 is 0 Å². The molecule has 1 aromatic rings. The third-order valence-corrected chi connectivity index (χ3v) is 2.39. The minimum atomic E-state index is -0.549. The van der Waals surface area contributed by atoms with Crippen LogP contribution in [0.2, 0.25) is 5.15 Å². The molecule has 0 atom stereocenters. The van der Waals surface area contributed by atoms with Gasteiger partial charge in [-0.1, -0.05) is 11.6 Å². The van der Waals surface area contributed by atoms with Gasteiger partial charge in [0.05, 0.1) is 6.54 Å². The topological polar surface area (TPSA) is 76.3 Å². The second kappa shape index (κ2) is 5.63. The van der Waals surface area contributed by atoms with Gasteiger partial charge < -0.3 is 10.6 Å². The monoisotopic (exact) mass is 255 g/mol. The summed E-state index contributed by atoms with van der Waals surface area (Å²) < 4.78 is 0. The van der Waals surface area contributed by atoms with Gasteiger partial charge in [0.15, 0.2) is 0 Å². The number of hydrogen-bond donors (Lipinski definition) is 1. The molecule has 0 bridgehead atoms. The number of nitrogens with zero attached hydrogens (tertiary/aromatic N) is 2. The Morgan fingerprint density at radius 2 is 2.18 bits per heavy atom. The number of aromatic nitrogens is 1. The summed E-state index contributed by atoms with van der Waals surface area (Å²) >= 11 is 5.71. The van der Waals surface area contributed by atoms with Crippen molar-refractivity contribution in [1.29, 1.82) is 0 Å². The number of carbonyl (C=O) groups excluding carboxylic acids is 2. The summed E-state index contributed by atoms with van der Waals surface area (Å²) in [5.74, 6) is -0.838. The third kappa shape index (κ3) is 3.71. The summed E-state index contributed by atoms with van der Waals surface area (Å²) in [5.41, 5.74) is 5.49. The van der Waals surface area contributed by atoms with Crippen LogP contribution in [0.1, 0.15) is 24.2 Å². The lowest BCUT2D eigenvalue weighted by Crippen LogP contribution is -2.42. The summed E-state index contributed by atoms with van der Waals surface area (Å²) in [6.45, 7) is 3.50. The first-order chi connectivity index (χ1) is 7.91. The van der Waals surface area contributed by atoms with E-state index in [0.717, 1.165) is 0 Å². The molecule has 0 unspecified atom stereocenters. The van der Waals surface area contributed by atoms with Crippen molar-refractivity contribution in [2.24, 2.45) is 5.73 Å². The largest absolute Gasteiger partial charge is 0.368 e. The van der Waals surface area contributed by atoms with Gasteiger partial charge in [-0.2, -0.15) is 0 Å². The predicted molar refractivity (Wildman–Crippen MR) is 64.6 cm³/mol. The standard InChI is InChI=1S/C11H14ClN3O2/c1-7(2)15(6-10(13)16)11(17)8-3-4-14-9(12)5-8/h3-5,7H,6H2,1-2H3,(H2,13,16). The fourth-order valence-corrected chi connectivity index (χ4v) is 1.53. The average Bonchev–Trinajstić information content (AvgIpc) is 2.24. The van der Waals surface area contributed by atoms with Crippen LogP contribution in [0.25, 0.3) is 0 Å². The first-order valence-corrected chi connectivity index (χ1v) is 5.50. The molecule has 1 heterocycles. The number of rotatable bonds is 4. The lowest BCUT2D eigenvalue weighted by atomic mass is 10.2. The maximum Gasteiger partial charge on any atom is 0.254 e. The van der Waals surface area contributed by atoms with E-state index in [2.05, 4.69) is 4.98 Å². The quantitative estimate of drug-likeness (QED) is 0.818. The molecule has 6 heteroatoms. The molecule has 0 aliphatic carbocycles. The zero-order valence-corrected chi connectivity index (χ0v) is 10.4. The highest BCUT2D eigenvalue weighted by Gasteiger charge is 2.20. The van der Waals surface area contributed by atoms with Crippen LogP contribution in [0.15, 0.2) is 18.3 Å². The number of carbonyl (C=O) groups is 2. The predicted octanol–water partition coefficient (Wildman–Crippen LogP) is 1.07. The minimum Gasteiger partial charge on any atom is -0.368 e. The van der Waals surface area contributed by atoms with Crippen LogP contribution in [0.4, 0.5) is 0 Å². The SMILES string of the molecule is CC(C)N(CC(N)=O)C(=O)c1ccnc(Cl)c1. The Morgan fingerprint density at radius 1 is 1.53 bits per heavy atom. The summed E-state index contributed by atoms with van der Waals surface area (Å²) in [7, 11) is 0. The Kier molecular flexibility index (Phi) is 4.45. The van der Waals surface area contributed by atoms with E-state index >= 15 is 0 Å². The van der Waals surface area contributed by atoms with Gasteiger partial charge in [0.2, 0.25) is 5.91 Å². The van der Waals surface area contributed by atoms with Gasteiger partial charge in [0, 0.05) is 17.8 Å². The van der Waals surface area contributed by atoms with Crippen LogP contribution in [0.5, 0.6) is 0 Å². The first kappa shape index (κ1) is 13.4. The highest BCUT2D eigenvalue weighted by molar-refractivity contribution is 6.29. The Hall–Kier alpha value is -1.62. The molecule has 0 aliphatic rings. The molecule has 0 radical (unpaired) electrons. The van der Waals surface area contributed by atoms with Crippen molar-refractivity contribution in [2.45, 2.75) is 19.9 Å². The Labute approximate surface area is 105 Å². The molecule has 2 amide bonds. The molecule has 5 nitrogen and oxygen atoms in total. The van der Waals surface area contributed by atoms with Crippen molar-refractivity contribution < 1.29 is 9.59 Å². The van der Waals surface area contributed by atoms with Gasteiger partial charge in [0.1, 0.15) is 5.15 Å². The zero-order chi connectivity index (χ0) is 13.0. The molecule has 92 valence electrons. The van der Waals surface area contributed by atoms with E-state index in [-0.39, 0.29) is 23.6 Å². The van der Waals surface area contributed by atoms with E-state index in [9.17, 15) is 9.59 Å². The second-order valence-corrected chi connectivity index (χ2v) is 4.25. The van der Waals surface area contributed by atoms with Crippen LogP contribution in [0, 0.1) is 0 Å². The molecular formula is C11H14ClN3O2. The van der Waals surface area contributed by atoms with E-state index in [1.54, 1.807) is 6.07 Å². The molecule has 1 rings (SSSR count). The van der Waals surface area contributed by atoms with Gasteiger partial charge in [-0.25, -0.2) is 4.98 Å². The molecule has 1 aromatic heterocycles. The molecule has 0 saturated heterocycles. The molecule has 0 aliphatic heterocycles. The van der Waals surface area contributed by atoms with Crippen LogP contribution >= 0.6 is 11.6 Å². The molecule has 0 fully saturated rings. The first-order valence-electron chi connectivity index (χ1n) is 5.12. The second-order valence-electron chi connectivity index (χ2n) is 3.86. The molecule has 2 N–H and O–H groups in total. The van der Waals surface area contributed by atoms with Gasteiger partial charge in [-0.15, -0.1) is 0 Å². The number of hydrogen-bond acceptors (Lipinski definition) is 3. The lowest BCUT2D eigenvalue weighted by molar-refractivity contribution is -0.119. The van der Waals surface area contributed by atoms with Gasteiger partial charge in [-0.3, -0.25) is 9.59 Å². The number of halogens is 1. The van der Waals surface area contributed by atoms with Crippen molar-refractivity contribution in [1.82, 2.24) is 9.88 Å². The van der Waals surface area contributed by atoms with E-state index in [1.165, 1.54) is 17.2 Å². The van der Waals surface area contributed by atoms with Gasteiger partial charge in [-0.05, 0) is 26.0 Å². The number of pyridine rings is 1. The van der Waals surface area contributed by atoms with E-state index in [1.807, 2.05) is 13.8 Å². The fourth-order valence-electron chi connectivity index (χ4n) is 1.36. The minimum absolute atomic E-state index is 0.115.